The lowest BCUT2D eigenvalue weighted by Crippen LogP contribution is -2.45. The van der Waals surface area contributed by atoms with Crippen molar-refractivity contribution < 1.29 is 19.5 Å². The number of anilines is 1. The molecule has 4 atom stereocenters. The van der Waals surface area contributed by atoms with Gasteiger partial charge in [0, 0.05) is 18.2 Å². The molecular formula is C28H27ClN2O4. The first-order valence-electron chi connectivity index (χ1n) is 11.9. The molecule has 0 radical (unpaired) electrons. The van der Waals surface area contributed by atoms with Crippen LogP contribution in [0.4, 0.5) is 5.69 Å². The molecule has 1 aliphatic heterocycles. The molecule has 6 nitrogen and oxygen atoms in total. The second-order valence-corrected chi connectivity index (χ2v) is 10.2. The average Bonchev–Trinajstić information content (AvgIpc) is 3.30. The second-order valence-electron chi connectivity index (χ2n) is 9.51. The van der Waals surface area contributed by atoms with Gasteiger partial charge in [0.1, 0.15) is 4.87 Å². The predicted molar refractivity (Wildman–Crippen MR) is 135 cm³/mol. The SMILES string of the molecule is O=C(O)C1C(CN2CNc3ccccc3C2=O)CCC1C(=O)[C@]1(Cl)C=CC(c2ccccc2)=CC1. The van der Waals surface area contributed by atoms with Crippen molar-refractivity contribution in [2.45, 2.75) is 24.1 Å². The Balaban J connectivity index is 1.30. The van der Waals surface area contributed by atoms with Crippen molar-refractivity contribution in [3.05, 3.63) is 84.0 Å². The lowest BCUT2D eigenvalue weighted by atomic mass is 9.79. The fourth-order valence-electron chi connectivity index (χ4n) is 5.58. The number of carbonyl (C=O) groups is 3. The third-order valence-electron chi connectivity index (χ3n) is 7.43. The molecule has 5 rings (SSSR count). The van der Waals surface area contributed by atoms with E-state index in [-0.39, 0.29) is 24.2 Å². The first kappa shape index (κ1) is 23.4. The van der Waals surface area contributed by atoms with Crippen LogP contribution in [0.5, 0.6) is 0 Å². The van der Waals surface area contributed by atoms with E-state index in [2.05, 4.69) is 5.32 Å². The van der Waals surface area contributed by atoms with Crippen molar-refractivity contribution in [3.63, 3.8) is 0 Å². The van der Waals surface area contributed by atoms with E-state index in [9.17, 15) is 19.5 Å². The number of alkyl halides is 1. The first-order chi connectivity index (χ1) is 16.9. The molecule has 2 aliphatic carbocycles. The van der Waals surface area contributed by atoms with Crippen molar-refractivity contribution in [2.24, 2.45) is 17.8 Å². The molecular weight excluding hydrogens is 464 g/mol. The van der Waals surface area contributed by atoms with Crippen molar-refractivity contribution in [2.75, 3.05) is 18.5 Å². The molecule has 180 valence electrons. The summed E-state index contributed by atoms with van der Waals surface area (Å²) < 4.78 is 0. The number of hydrogen-bond donors (Lipinski definition) is 2. The van der Waals surface area contributed by atoms with E-state index in [4.69, 9.17) is 11.6 Å². The summed E-state index contributed by atoms with van der Waals surface area (Å²) in [4.78, 5) is 39.3. The van der Waals surface area contributed by atoms with Gasteiger partial charge in [0.25, 0.3) is 5.91 Å². The number of ketones is 1. The monoisotopic (exact) mass is 490 g/mol. The maximum Gasteiger partial charge on any atom is 0.307 e. The quantitative estimate of drug-likeness (QED) is 0.566. The Hall–Kier alpha value is -3.38. The lowest BCUT2D eigenvalue weighted by molar-refractivity contribution is -0.147. The minimum Gasteiger partial charge on any atom is -0.481 e. The zero-order chi connectivity index (χ0) is 24.6. The van der Waals surface area contributed by atoms with Gasteiger partial charge in [-0.05, 0) is 48.4 Å². The topological polar surface area (TPSA) is 86.7 Å². The van der Waals surface area contributed by atoms with Crippen molar-refractivity contribution in [1.29, 1.82) is 0 Å². The van der Waals surface area contributed by atoms with Gasteiger partial charge in [-0.15, -0.1) is 11.6 Å². The molecule has 2 N–H and O–H groups in total. The van der Waals surface area contributed by atoms with Crippen LogP contribution in [0.15, 0.2) is 72.8 Å². The molecule has 1 amide bonds. The molecule has 3 aliphatic rings. The van der Waals surface area contributed by atoms with Crippen LogP contribution in [0.2, 0.25) is 0 Å². The highest BCUT2D eigenvalue weighted by molar-refractivity contribution is 6.37. The summed E-state index contributed by atoms with van der Waals surface area (Å²) in [5.41, 5.74) is 3.38. The summed E-state index contributed by atoms with van der Waals surface area (Å²) in [6.07, 6.45) is 6.82. The molecule has 0 bridgehead atoms. The number of amides is 1. The second kappa shape index (κ2) is 9.34. The van der Waals surface area contributed by atoms with Gasteiger partial charge in [-0.3, -0.25) is 14.4 Å². The molecule has 2 aromatic rings. The molecule has 35 heavy (non-hydrogen) atoms. The minimum absolute atomic E-state index is 0.124. The zero-order valence-corrected chi connectivity index (χ0v) is 19.9. The van der Waals surface area contributed by atoms with Crippen LogP contribution in [-0.2, 0) is 9.59 Å². The average molecular weight is 491 g/mol. The van der Waals surface area contributed by atoms with Crippen molar-refractivity contribution in [1.82, 2.24) is 4.90 Å². The Kier molecular flexibility index (Phi) is 6.24. The number of carboxylic acids is 1. The summed E-state index contributed by atoms with van der Waals surface area (Å²) in [6, 6.07) is 17.1. The molecule has 1 saturated carbocycles. The van der Waals surface area contributed by atoms with Crippen LogP contribution >= 0.6 is 11.6 Å². The molecule has 0 aromatic heterocycles. The summed E-state index contributed by atoms with van der Waals surface area (Å²) in [5.74, 6) is -3.27. The van der Waals surface area contributed by atoms with Gasteiger partial charge in [0.15, 0.2) is 5.78 Å². The van der Waals surface area contributed by atoms with E-state index in [1.54, 1.807) is 17.0 Å². The molecule has 1 heterocycles. The number of fused-ring (bicyclic) bond motifs is 1. The normalized spacial score (nSPS) is 27.7. The van der Waals surface area contributed by atoms with Crippen LogP contribution in [0.3, 0.4) is 0 Å². The number of hydrogen-bond acceptors (Lipinski definition) is 4. The highest BCUT2D eigenvalue weighted by Gasteiger charge is 2.50. The molecule has 3 unspecified atom stereocenters. The summed E-state index contributed by atoms with van der Waals surface area (Å²) in [6.45, 7) is 0.594. The van der Waals surface area contributed by atoms with Gasteiger partial charge in [-0.25, -0.2) is 0 Å². The molecule has 2 aromatic carbocycles. The number of benzene rings is 2. The maximum absolute atomic E-state index is 13.6. The fourth-order valence-corrected chi connectivity index (χ4v) is 5.86. The third kappa shape index (κ3) is 4.39. The first-order valence-corrected chi connectivity index (χ1v) is 12.3. The van der Waals surface area contributed by atoms with Gasteiger partial charge in [0.05, 0.1) is 18.2 Å². The van der Waals surface area contributed by atoms with E-state index >= 15 is 0 Å². The summed E-state index contributed by atoms with van der Waals surface area (Å²) in [7, 11) is 0. The van der Waals surface area contributed by atoms with Crippen LogP contribution in [-0.4, -0.2) is 45.8 Å². The third-order valence-corrected chi connectivity index (χ3v) is 7.90. The van der Waals surface area contributed by atoms with Crippen molar-refractivity contribution >= 4 is 40.5 Å². The lowest BCUT2D eigenvalue weighted by Gasteiger charge is -2.33. The van der Waals surface area contributed by atoms with Gasteiger partial charge >= 0.3 is 5.97 Å². The number of aliphatic carboxylic acids is 1. The van der Waals surface area contributed by atoms with E-state index in [0.29, 0.717) is 31.5 Å². The number of para-hydroxylation sites is 1. The largest absolute Gasteiger partial charge is 0.481 e. The highest BCUT2D eigenvalue weighted by atomic mass is 35.5. The Labute approximate surface area is 209 Å². The molecule has 0 saturated heterocycles. The van der Waals surface area contributed by atoms with E-state index < -0.39 is 22.7 Å². The number of nitrogens with zero attached hydrogens (tertiary/aromatic N) is 1. The van der Waals surface area contributed by atoms with E-state index in [1.807, 2.05) is 60.7 Å². The van der Waals surface area contributed by atoms with Gasteiger partial charge in [0.2, 0.25) is 0 Å². The summed E-state index contributed by atoms with van der Waals surface area (Å²) in [5, 5.41) is 13.3. The Bertz CT molecular complexity index is 1220. The molecule has 0 spiro atoms. The number of carbonyl (C=O) groups excluding carboxylic acids is 2. The fraction of sp³-hybridized carbons (Fsp3) is 0.321. The molecule has 1 fully saturated rings. The summed E-state index contributed by atoms with van der Waals surface area (Å²) >= 11 is 6.80. The number of Topliss-reactive ketones (excluding diaryl/α,β-unsaturated/α-hetero) is 1. The van der Waals surface area contributed by atoms with Gasteiger partial charge in [-0.1, -0.05) is 60.7 Å². The smallest absolute Gasteiger partial charge is 0.307 e. The van der Waals surface area contributed by atoms with Crippen LogP contribution in [0.25, 0.3) is 5.57 Å². The number of rotatable bonds is 6. The Morgan fingerprint density at radius 3 is 2.54 bits per heavy atom. The van der Waals surface area contributed by atoms with Crippen molar-refractivity contribution in [3.8, 4) is 0 Å². The number of halogens is 1. The Morgan fingerprint density at radius 2 is 1.83 bits per heavy atom. The Morgan fingerprint density at radius 1 is 1.09 bits per heavy atom. The number of nitrogens with one attached hydrogen (secondary N) is 1. The molecule has 7 heteroatoms. The van der Waals surface area contributed by atoms with E-state index in [0.717, 1.165) is 16.8 Å². The van der Waals surface area contributed by atoms with E-state index in [1.165, 1.54) is 0 Å². The standard InChI is InChI=1S/C28H27ClN2O4/c29-28(14-12-19(13-15-28)18-6-2-1-3-7-18)25(32)22-11-10-20(24(22)27(34)35)16-31-17-30-23-9-5-4-8-21(23)26(31)33/h1-9,12-14,20,22,24,30H,10-11,15-17H2,(H,34,35)/t20?,22?,24?,28-/m0/s1. The van der Waals surface area contributed by atoms with Crippen LogP contribution in [0, 0.1) is 17.8 Å². The zero-order valence-electron chi connectivity index (χ0n) is 19.2. The predicted octanol–water partition coefficient (Wildman–Crippen LogP) is 4.83. The highest BCUT2D eigenvalue weighted by Crippen LogP contribution is 2.44. The number of allylic oxidation sites excluding steroid dienone is 4. The van der Waals surface area contributed by atoms with Gasteiger partial charge in [-0.2, -0.15) is 0 Å². The number of carboxylic acid groups (broad SMARTS) is 1. The van der Waals surface area contributed by atoms with Gasteiger partial charge < -0.3 is 15.3 Å². The van der Waals surface area contributed by atoms with Crippen LogP contribution in [0.1, 0.15) is 35.2 Å². The van der Waals surface area contributed by atoms with Crippen LogP contribution < -0.4 is 5.32 Å². The maximum atomic E-state index is 13.6. The minimum atomic E-state index is -1.26.